The van der Waals surface area contributed by atoms with Crippen molar-refractivity contribution in [3.63, 3.8) is 0 Å². The summed E-state index contributed by atoms with van der Waals surface area (Å²) < 4.78 is 29.8. The summed E-state index contributed by atoms with van der Waals surface area (Å²) in [5.41, 5.74) is 2.06. The van der Waals surface area contributed by atoms with E-state index in [2.05, 4.69) is 10.6 Å². The first-order chi connectivity index (χ1) is 14.3. The van der Waals surface area contributed by atoms with Crippen molar-refractivity contribution >= 4 is 15.9 Å². The van der Waals surface area contributed by atoms with Crippen molar-refractivity contribution in [1.29, 1.82) is 0 Å². The molecule has 0 aromatic heterocycles. The van der Waals surface area contributed by atoms with Crippen LogP contribution in [0.4, 0.5) is 0 Å². The van der Waals surface area contributed by atoms with E-state index in [4.69, 9.17) is 9.88 Å². The Labute approximate surface area is 177 Å². The molecule has 0 aliphatic carbocycles. The molecular formula is C22H27N3O4S. The lowest BCUT2D eigenvalue weighted by Crippen LogP contribution is -2.43. The monoisotopic (exact) mass is 429 g/mol. The molecule has 2 aliphatic rings. The average molecular weight is 430 g/mol. The summed E-state index contributed by atoms with van der Waals surface area (Å²) >= 11 is 0. The summed E-state index contributed by atoms with van der Waals surface area (Å²) in [6, 6.07) is 12.8. The van der Waals surface area contributed by atoms with Crippen LogP contribution in [0.15, 0.2) is 47.4 Å². The maximum Gasteiger partial charge on any atom is 0.255 e. The fraction of sp³-hybridized carbons (Fsp3) is 0.409. The summed E-state index contributed by atoms with van der Waals surface area (Å²) in [7, 11) is -3.94. The van der Waals surface area contributed by atoms with Crippen LogP contribution < -0.4 is 20.5 Å². The van der Waals surface area contributed by atoms with Crippen molar-refractivity contribution in [3.05, 3.63) is 59.2 Å². The maximum atomic E-state index is 13.3. The second kappa shape index (κ2) is 8.37. The van der Waals surface area contributed by atoms with Crippen LogP contribution in [0.5, 0.6) is 5.75 Å². The van der Waals surface area contributed by atoms with Crippen LogP contribution in [-0.4, -0.2) is 39.6 Å². The van der Waals surface area contributed by atoms with Crippen LogP contribution in [0, 0.1) is 5.92 Å². The molecule has 2 aliphatic heterocycles. The fourth-order valence-electron chi connectivity index (χ4n) is 4.31. The summed E-state index contributed by atoms with van der Waals surface area (Å²) in [5.74, 6) is 0.414. The van der Waals surface area contributed by atoms with Gasteiger partial charge in [0.25, 0.3) is 5.91 Å². The zero-order valence-corrected chi connectivity index (χ0v) is 17.7. The Balaban J connectivity index is 1.64. The van der Waals surface area contributed by atoms with Gasteiger partial charge in [0.05, 0.1) is 10.5 Å². The van der Waals surface area contributed by atoms with Gasteiger partial charge >= 0.3 is 0 Å². The van der Waals surface area contributed by atoms with Gasteiger partial charge in [-0.2, -0.15) is 0 Å². The van der Waals surface area contributed by atoms with E-state index in [0.29, 0.717) is 30.1 Å². The van der Waals surface area contributed by atoms with Crippen LogP contribution in [0.3, 0.4) is 0 Å². The number of amides is 1. The second-order valence-electron chi connectivity index (χ2n) is 8.16. The highest BCUT2D eigenvalue weighted by Gasteiger charge is 2.31. The summed E-state index contributed by atoms with van der Waals surface area (Å²) in [4.78, 5) is 13.2. The van der Waals surface area contributed by atoms with Gasteiger partial charge in [-0.25, -0.2) is 13.6 Å². The highest BCUT2D eigenvalue weighted by molar-refractivity contribution is 7.89. The Morgan fingerprint density at radius 2 is 2.07 bits per heavy atom. The Morgan fingerprint density at radius 1 is 1.30 bits per heavy atom. The van der Waals surface area contributed by atoms with Crippen molar-refractivity contribution in [1.82, 2.24) is 10.6 Å². The number of fused-ring (bicyclic) bond motifs is 1. The van der Waals surface area contributed by atoms with Gasteiger partial charge in [-0.1, -0.05) is 30.3 Å². The molecule has 7 nitrogen and oxygen atoms in total. The van der Waals surface area contributed by atoms with Crippen molar-refractivity contribution < 1.29 is 17.9 Å². The molecular weight excluding hydrogens is 402 g/mol. The predicted octanol–water partition coefficient (Wildman–Crippen LogP) is 1.61. The van der Waals surface area contributed by atoms with Crippen molar-refractivity contribution in [2.24, 2.45) is 11.1 Å². The highest BCUT2D eigenvalue weighted by Crippen LogP contribution is 2.35. The Bertz CT molecular complexity index is 1030. The third-order valence-corrected chi connectivity index (χ3v) is 6.71. The third kappa shape index (κ3) is 4.50. The van der Waals surface area contributed by atoms with E-state index in [-0.39, 0.29) is 28.5 Å². The minimum absolute atomic E-state index is 0.0637. The van der Waals surface area contributed by atoms with Crippen molar-refractivity contribution in [2.75, 3.05) is 13.1 Å². The molecule has 3 unspecified atom stereocenters. The molecule has 1 fully saturated rings. The van der Waals surface area contributed by atoms with Crippen LogP contribution in [0.2, 0.25) is 0 Å². The molecule has 1 amide bonds. The lowest BCUT2D eigenvalue weighted by atomic mass is 9.92. The summed E-state index contributed by atoms with van der Waals surface area (Å²) in [6.45, 7) is 3.64. The molecule has 1 saturated heterocycles. The van der Waals surface area contributed by atoms with Gasteiger partial charge in [-0.15, -0.1) is 0 Å². The Morgan fingerprint density at radius 3 is 2.73 bits per heavy atom. The van der Waals surface area contributed by atoms with Crippen LogP contribution in [0.1, 0.15) is 34.8 Å². The Kier molecular flexibility index (Phi) is 5.81. The van der Waals surface area contributed by atoms with Gasteiger partial charge in [0, 0.05) is 12.5 Å². The molecule has 2 aromatic carbocycles. The average Bonchev–Trinajstić information content (AvgIpc) is 3.35. The zero-order chi connectivity index (χ0) is 21.3. The minimum atomic E-state index is -3.94. The largest absolute Gasteiger partial charge is 0.489 e. The first-order valence-electron chi connectivity index (χ1n) is 10.2. The molecule has 4 rings (SSSR count). The smallest absolute Gasteiger partial charge is 0.255 e. The normalized spacial score (nSPS) is 21.7. The zero-order valence-electron chi connectivity index (χ0n) is 16.9. The number of hydrogen-bond acceptors (Lipinski definition) is 5. The molecule has 0 saturated carbocycles. The highest BCUT2D eigenvalue weighted by atomic mass is 32.2. The molecule has 0 bridgehead atoms. The standard InChI is InChI=1S/C22H27N3O4S/c1-14-9-17-11-18(30(23,27)28)12-19(21(17)29-14)22(26)25-20(16-7-8-24-13-16)10-15-5-3-2-4-6-15/h2-6,11-12,14,16,20,24H,7-10,13H2,1H3,(H,25,26)(H2,23,27,28). The molecule has 2 aromatic rings. The Hall–Kier alpha value is -2.42. The number of nitrogens with one attached hydrogen (secondary N) is 2. The summed E-state index contributed by atoms with van der Waals surface area (Å²) in [6.07, 6.45) is 2.09. The van der Waals surface area contributed by atoms with E-state index in [1.54, 1.807) is 0 Å². The third-order valence-electron chi connectivity index (χ3n) is 5.82. The number of hydrogen-bond donors (Lipinski definition) is 3. The van der Waals surface area contributed by atoms with Gasteiger partial charge in [0.2, 0.25) is 10.0 Å². The van der Waals surface area contributed by atoms with Gasteiger partial charge in [0.1, 0.15) is 11.9 Å². The van der Waals surface area contributed by atoms with Crippen molar-refractivity contribution in [3.8, 4) is 5.75 Å². The molecule has 8 heteroatoms. The number of carbonyl (C=O) groups excluding carboxylic acids is 1. The van der Waals surface area contributed by atoms with E-state index in [1.807, 2.05) is 37.3 Å². The quantitative estimate of drug-likeness (QED) is 0.646. The molecule has 2 heterocycles. The first-order valence-corrected chi connectivity index (χ1v) is 11.8. The number of rotatable bonds is 6. The van der Waals surface area contributed by atoms with Gasteiger partial charge in [-0.3, -0.25) is 4.79 Å². The number of ether oxygens (including phenoxy) is 1. The molecule has 0 radical (unpaired) electrons. The number of sulfonamides is 1. The van der Waals surface area contributed by atoms with Crippen LogP contribution in [0.25, 0.3) is 0 Å². The minimum Gasteiger partial charge on any atom is -0.489 e. The molecule has 160 valence electrons. The molecule has 0 spiro atoms. The van der Waals surface area contributed by atoms with E-state index in [9.17, 15) is 13.2 Å². The van der Waals surface area contributed by atoms with E-state index in [1.165, 1.54) is 12.1 Å². The van der Waals surface area contributed by atoms with Crippen LogP contribution >= 0.6 is 0 Å². The van der Waals surface area contributed by atoms with Gasteiger partial charge in [0.15, 0.2) is 0 Å². The SMILES string of the molecule is CC1Cc2cc(S(N)(=O)=O)cc(C(=O)NC(Cc3ccccc3)C3CCNC3)c2O1. The fourth-order valence-corrected chi connectivity index (χ4v) is 4.89. The number of primary sulfonamides is 1. The molecule has 3 atom stereocenters. The number of benzene rings is 2. The molecule has 4 N–H and O–H groups in total. The lowest BCUT2D eigenvalue weighted by Gasteiger charge is -2.25. The second-order valence-corrected chi connectivity index (χ2v) is 9.72. The maximum absolute atomic E-state index is 13.3. The molecule has 30 heavy (non-hydrogen) atoms. The topological polar surface area (TPSA) is 111 Å². The van der Waals surface area contributed by atoms with E-state index >= 15 is 0 Å². The van der Waals surface area contributed by atoms with Gasteiger partial charge < -0.3 is 15.4 Å². The van der Waals surface area contributed by atoms with Crippen LogP contribution in [-0.2, 0) is 22.9 Å². The van der Waals surface area contributed by atoms with E-state index in [0.717, 1.165) is 25.1 Å². The first kappa shape index (κ1) is 20.8. The summed E-state index contributed by atoms with van der Waals surface area (Å²) in [5, 5.41) is 11.9. The van der Waals surface area contributed by atoms with E-state index < -0.39 is 10.0 Å². The number of nitrogens with two attached hydrogens (primary N) is 1. The predicted molar refractivity (Wildman–Crippen MR) is 114 cm³/mol. The number of carbonyl (C=O) groups is 1. The van der Waals surface area contributed by atoms with Gasteiger partial charge in [-0.05, 0) is 62.0 Å². The lowest BCUT2D eigenvalue weighted by molar-refractivity contribution is 0.0919. The van der Waals surface area contributed by atoms with Crippen molar-refractivity contribution in [2.45, 2.75) is 43.2 Å².